The number of halogens is 6. The van der Waals surface area contributed by atoms with Gasteiger partial charge < -0.3 is 9.72 Å². The summed E-state index contributed by atoms with van der Waals surface area (Å²) in [7, 11) is 0. The molecule has 0 spiro atoms. The van der Waals surface area contributed by atoms with Gasteiger partial charge in [0, 0.05) is 6.07 Å². The monoisotopic (exact) mass is 495 g/mol. The maximum absolute atomic E-state index is 13.6. The van der Waals surface area contributed by atoms with Gasteiger partial charge in [0.05, 0.1) is 23.2 Å². The van der Waals surface area contributed by atoms with E-state index in [-0.39, 0.29) is 34.5 Å². The minimum atomic E-state index is -4.84. The van der Waals surface area contributed by atoms with Gasteiger partial charge in [-0.3, -0.25) is 9.59 Å². The average molecular weight is 495 g/mol. The van der Waals surface area contributed by atoms with Crippen LogP contribution >= 0.6 is 0 Å². The highest BCUT2D eigenvalue weighted by molar-refractivity contribution is 5.80. The molecule has 0 radical (unpaired) electrons. The molecule has 1 N–H and O–H groups in total. The summed E-state index contributed by atoms with van der Waals surface area (Å²) in [4.78, 5) is 27.3. The van der Waals surface area contributed by atoms with Gasteiger partial charge in [0.15, 0.2) is 5.69 Å². The molecule has 0 aliphatic rings. The van der Waals surface area contributed by atoms with Gasteiger partial charge in [-0.1, -0.05) is 42.5 Å². The second-order valence-corrected chi connectivity index (χ2v) is 7.51. The maximum Gasteiger partial charge on any atom is 0.435 e. The number of nitrogens with zero attached hydrogens (tertiary/aromatic N) is 2. The number of hydrogen-bond donors (Lipinski definition) is 1. The fourth-order valence-corrected chi connectivity index (χ4v) is 3.43. The minimum absolute atomic E-state index is 0.00840. The number of aromatic amines is 1. The van der Waals surface area contributed by atoms with Crippen molar-refractivity contribution in [3.63, 3.8) is 0 Å². The van der Waals surface area contributed by atoms with E-state index in [9.17, 15) is 35.9 Å². The molecule has 182 valence electrons. The molecule has 2 heterocycles. The first-order valence-corrected chi connectivity index (χ1v) is 10.0. The number of rotatable bonds is 5. The van der Waals surface area contributed by atoms with Gasteiger partial charge in [-0.15, -0.1) is 0 Å². The maximum atomic E-state index is 13.6. The van der Waals surface area contributed by atoms with Crippen LogP contribution in [-0.2, 0) is 34.9 Å². The lowest BCUT2D eigenvalue weighted by atomic mass is 10.1. The number of carbonyl (C=O) groups is 1. The van der Waals surface area contributed by atoms with Crippen molar-refractivity contribution >= 4 is 11.6 Å². The summed E-state index contributed by atoms with van der Waals surface area (Å²) in [5.41, 5.74) is -3.12. The lowest BCUT2D eigenvalue weighted by molar-refractivity contribution is -0.144. The van der Waals surface area contributed by atoms with E-state index in [1.54, 1.807) is 6.07 Å². The first kappa shape index (κ1) is 24.0. The molecule has 0 atom stereocenters. The van der Waals surface area contributed by atoms with Crippen molar-refractivity contribution in [2.75, 3.05) is 0 Å². The highest BCUT2D eigenvalue weighted by Gasteiger charge is 2.39. The minimum Gasteiger partial charge on any atom is -0.459 e. The van der Waals surface area contributed by atoms with Gasteiger partial charge in [0.1, 0.15) is 12.3 Å². The van der Waals surface area contributed by atoms with Crippen molar-refractivity contribution in [2.24, 2.45) is 0 Å². The summed E-state index contributed by atoms with van der Waals surface area (Å²) in [6.45, 7) is -0.480. The fourth-order valence-electron chi connectivity index (χ4n) is 3.43. The van der Waals surface area contributed by atoms with E-state index in [0.29, 0.717) is 4.52 Å². The standard InChI is InChI=1S/C23H15F6N3O3/c24-22(25,26)15-8-6-13(7-9-15)10-18(34)35-12-16-11-17(33)32-21(30-16)19(14-4-2-1-3-5-14)20(31-32)23(27,28)29/h1-9,11,30H,10,12H2. The number of ether oxygens (including phenoxy) is 1. The third kappa shape index (κ3) is 5.20. The van der Waals surface area contributed by atoms with Gasteiger partial charge in [-0.05, 0) is 23.3 Å². The van der Waals surface area contributed by atoms with Crippen LogP contribution in [0.4, 0.5) is 26.3 Å². The van der Waals surface area contributed by atoms with Crippen LogP contribution in [0.3, 0.4) is 0 Å². The van der Waals surface area contributed by atoms with E-state index in [1.807, 2.05) is 0 Å². The molecule has 4 rings (SSSR count). The summed E-state index contributed by atoms with van der Waals surface area (Å²) in [5.74, 6) is -0.807. The molecule has 0 amide bonds. The molecule has 0 fully saturated rings. The van der Waals surface area contributed by atoms with Crippen LogP contribution in [0.5, 0.6) is 0 Å². The first-order chi connectivity index (χ1) is 16.4. The van der Waals surface area contributed by atoms with Crippen molar-refractivity contribution in [3.8, 4) is 11.1 Å². The van der Waals surface area contributed by atoms with E-state index >= 15 is 0 Å². The fraction of sp³-hybridized carbons (Fsp3) is 0.174. The molecule has 0 bridgehead atoms. The molecule has 4 aromatic rings. The molecule has 0 saturated carbocycles. The Morgan fingerprint density at radius 3 is 2.20 bits per heavy atom. The van der Waals surface area contributed by atoms with E-state index in [2.05, 4.69) is 10.1 Å². The van der Waals surface area contributed by atoms with Crippen molar-refractivity contribution in [1.29, 1.82) is 0 Å². The van der Waals surface area contributed by atoms with Crippen LogP contribution in [0, 0.1) is 0 Å². The predicted molar refractivity (Wildman–Crippen MR) is 111 cm³/mol. The van der Waals surface area contributed by atoms with Crippen molar-refractivity contribution in [3.05, 3.63) is 93.5 Å². The second-order valence-electron chi connectivity index (χ2n) is 7.51. The zero-order valence-corrected chi connectivity index (χ0v) is 17.6. The number of benzene rings is 2. The molecule has 35 heavy (non-hydrogen) atoms. The molecule has 2 aromatic carbocycles. The number of aromatic nitrogens is 3. The van der Waals surface area contributed by atoms with Crippen molar-refractivity contribution in [2.45, 2.75) is 25.4 Å². The lowest BCUT2D eigenvalue weighted by Crippen LogP contribution is -2.18. The average Bonchev–Trinajstić information content (AvgIpc) is 3.19. The van der Waals surface area contributed by atoms with E-state index in [0.717, 1.165) is 30.3 Å². The van der Waals surface area contributed by atoms with Crippen molar-refractivity contribution < 1.29 is 35.9 Å². The van der Waals surface area contributed by atoms with Gasteiger partial charge in [0.25, 0.3) is 5.56 Å². The van der Waals surface area contributed by atoms with Crippen LogP contribution in [0.25, 0.3) is 16.8 Å². The molecule has 2 aromatic heterocycles. The first-order valence-electron chi connectivity index (χ1n) is 10.0. The Morgan fingerprint density at radius 2 is 1.60 bits per heavy atom. The van der Waals surface area contributed by atoms with Crippen LogP contribution in [0.1, 0.15) is 22.5 Å². The van der Waals surface area contributed by atoms with Gasteiger partial charge in [0.2, 0.25) is 0 Å². The predicted octanol–water partition coefficient (Wildman–Crippen LogP) is 5.01. The Hall–Kier alpha value is -4.09. The number of hydrogen-bond acceptors (Lipinski definition) is 4. The zero-order chi connectivity index (χ0) is 25.4. The largest absolute Gasteiger partial charge is 0.459 e. The number of fused-ring (bicyclic) bond motifs is 1. The van der Waals surface area contributed by atoms with Crippen LogP contribution in [0.15, 0.2) is 65.5 Å². The Morgan fingerprint density at radius 1 is 0.943 bits per heavy atom. The van der Waals surface area contributed by atoms with Crippen LogP contribution < -0.4 is 5.56 Å². The van der Waals surface area contributed by atoms with Gasteiger partial charge >= 0.3 is 18.3 Å². The molecule has 0 saturated heterocycles. The summed E-state index contributed by atoms with van der Waals surface area (Å²) >= 11 is 0. The number of carbonyl (C=O) groups excluding carboxylic acids is 1. The summed E-state index contributed by atoms with van der Waals surface area (Å²) in [6, 6.07) is 12.4. The Balaban J connectivity index is 1.59. The zero-order valence-electron chi connectivity index (χ0n) is 17.6. The number of alkyl halides is 6. The van der Waals surface area contributed by atoms with E-state index in [4.69, 9.17) is 4.74 Å². The van der Waals surface area contributed by atoms with Gasteiger partial charge in [-0.25, -0.2) is 0 Å². The second kappa shape index (κ2) is 8.93. The topological polar surface area (TPSA) is 76.5 Å². The normalized spacial score (nSPS) is 12.2. The SMILES string of the molecule is O=C(Cc1ccc(C(F)(F)F)cc1)OCc1cc(=O)n2nc(C(F)(F)F)c(-c3ccccc3)c2[nH]1. The molecule has 12 heteroatoms. The summed E-state index contributed by atoms with van der Waals surface area (Å²) in [6.07, 6.45) is -9.70. The Kier molecular flexibility index (Phi) is 6.14. The van der Waals surface area contributed by atoms with Crippen molar-refractivity contribution in [1.82, 2.24) is 14.6 Å². The van der Waals surface area contributed by atoms with Gasteiger partial charge in [-0.2, -0.15) is 36.0 Å². The Bertz CT molecular complexity index is 1420. The molecule has 0 aliphatic heterocycles. The third-order valence-corrected chi connectivity index (χ3v) is 5.02. The molecule has 6 nitrogen and oxygen atoms in total. The number of H-pyrrole nitrogens is 1. The number of esters is 1. The highest BCUT2D eigenvalue weighted by Crippen LogP contribution is 2.38. The molecular formula is C23H15F6N3O3. The molecule has 0 aliphatic carbocycles. The highest BCUT2D eigenvalue weighted by atomic mass is 19.4. The molecular weight excluding hydrogens is 480 g/mol. The lowest BCUT2D eigenvalue weighted by Gasteiger charge is -2.09. The Labute approximate surface area is 192 Å². The van der Waals surface area contributed by atoms with Crippen LogP contribution in [-0.4, -0.2) is 20.6 Å². The van der Waals surface area contributed by atoms with E-state index in [1.165, 1.54) is 24.3 Å². The third-order valence-electron chi connectivity index (χ3n) is 5.02. The smallest absolute Gasteiger partial charge is 0.435 e. The summed E-state index contributed by atoms with van der Waals surface area (Å²) in [5, 5.41) is 3.44. The number of nitrogens with one attached hydrogen (secondary N) is 1. The quantitative estimate of drug-likeness (QED) is 0.312. The van der Waals surface area contributed by atoms with Crippen LogP contribution in [0.2, 0.25) is 0 Å². The molecule has 0 unspecified atom stereocenters. The van der Waals surface area contributed by atoms with E-state index < -0.39 is 41.7 Å². The summed E-state index contributed by atoms with van der Waals surface area (Å²) < 4.78 is 84.5.